The Morgan fingerprint density at radius 3 is 2.71 bits per heavy atom. The molecule has 3 N–H and O–H groups in total. The second kappa shape index (κ2) is 9.84. The molecule has 0 bridgehead atoms. The van der Waals surface area contributed by atoms with E-state index < -0.39 is 0 Å². The summed E-state index contributed by atoms with van der Waals surface area (Å²) in [4.78, 5) is 21.8. The van der Waals surface area contributed by atoms with Crippen molar-refractivity contribution in [2.45, 2.75) is 71.2 Å². The van der Waals surface area contributed by atoms with Crippen LogP contribution in [0.2, 0.25) is 0 Å². The van der Waals surface area contributed by atoms with Gasteiger partial charge in [-0.3, -0.25) is 4.90 Å². The van der Waals surface area contributed by atoms with E-state index in [2.05, 4.69) is 46.3 Å². The molecule has 1 saturated carbocycles. The summed E-state index contributed by atoms with van der Waals surface area (Å²) >= 11 is 1.51. The van der Waals surface area contributed by atoms with E-state index >= 15 is 0 Å². The number of fused-ring (bicyclic) bond motifs is 1. The SMILES string of the molecule is CCN(Cc1cc(Nc2nc3cccnc3s2)nc(NC2CCC(O)CC2)n1)C(C)C. The Morgan fingerprint density at radius 2 is 2.00 bits per heavy atom. The van der Waals surface area contributed by atoms with Crippen LogP contribution in [0.1, 0.15) is 52.1 Å². The van der Waals surface area contributed by atoms with Gasteiger partial charge in [0.1, 0.15) is 16.2 Å². The number of anilines is 3. The molecular formula is C22H31N7OS. The minimum Gasteiger partial charge on any atom is -0.393 e. The molecule has 1 aliphatic carbocycles. The van der Waals surface area contributed by atoms with Gasteiger partial charge >= 0.3 is 0 Å². The van der Waals surface area contributed by atoms with Crippen molar-refractivity contribution in [1.82, 2.24) is 24.8 Å². The average Bonchev–Trinajstić information content (AvgIpc) is 3.15. The molecular weight excluding hydrogens is 410 g/mol. The van der Waals surface area contributed by atoms with Crippen LogP contribution in [0.5, 0.6) is 0 Å². The van der Waals surface area contributed by atoms with Crippen LogP contribution in [-0.4, -0.2) is 54.7 Å². The van der Waals surface area contributed by atoms with Crippen molar-refractivity contribution in [3.8, 4) is 0 Å². The van der Waals surface area contributed by atoms with Crippen molar-refractivity contribution < 1.29 is 5.11 Å². The normalized spacial score (nSPS) is 19.3. The first-order chi connectivity index (χ1) is 15.0. The van der Waals surface area contributed by atoms with Crippen LogP contribution in [0.3, 0.4) is 0 Å². The van der Waals surface area contributed by atoms with Crippen LogP contribution in [0, 0.1) is 0 Å². The van der Waals surface area contributed by atoms with Gasteiger partial charge < -0.3 is 15.7 Å². The van der Waals surface area contributed by atoms with Crippen molar-refractivity contribution in [3.63, 3.8) is 0 Å². The van der Waals surface area contributed by atoms with Crippen LogP contribution < -0.4 is 10.6 Å². The van der Waals surface area contributed by atoms with Gasteiger partial charge in [-0.1, -0.05) is 18.3 Å². The highest BCUT2D eigenvalue weighted by atomic mass is 32.1. The van der Waals surface area contributed by atoms with E-state index in [9.17, 15) is 5.11 Å². The molecule has 166 valence electrons. The fourth-order valence-electron chi connectivity index (χ4n) is 3.91. The molecule has 1 fully saturated rings. The number of pyridine rings is 1. The molecule has 0 radical (unpaired) electrons. The Hall–Kier alpha value is -2.36. The summed E-state index contributed by atoms with van der Waals surface area (Å²) in [6.45, 7) is 8.28. The Kier molecular flexibility index (Phi) is 6.94. The van der Waals surface area contributed by atoms with Gasteiger partial charge in [-0.2, -0.15) is 4.98 Å². The highest BCUT2D eigenvalue weighted by Gasteiger charge is 2.21. The van der Waals surface area contributed by atoms with Gasteiger partial charge in [0, 0.05) is 30.9 Å². The molecule has 1 aliphatic rings. The average molecular weight is 442 g/mol. The molecule has 3 aromatic heterocycles. The van der Waals surface area contributed by atoms with Crippen molar-refractivity contribution in [1.29, 1.82) is 0 Å². The zero-order valence-electron chi connectivity index (χ0n) is 18.4. The molecule has 4 rings (SSSR count). The number of aliphatic hydroxyl groups is 1. The van der Waals surface area contributed by atoms with Crippen molar-refractivity contribution in [2.24, 2.45) is 0 Å². The highest BCUT2D eigenvalue weighted by molar-refractivity contribution is 7.21. The van der Waals surface area contributed by atoms with Crippen LogP contribution in [0.25, 0.3) is 10.3 Å². The van der Waals surface area contributed by atoms with Gasteiger partial charge in [-0.15, -0.1) is 0 Å². The van der Waals surface area contributed by atoms with Gasteiger partial charge in [0.15, 0.2) is 5.13 Å². The summed E-state index contributed by atoms with van der Waals surface area (Å²) < 4.78 is 0. The standard InChI is InChI=1S/C22H31N7OS/c1-4-29(14(2)3)13-16-12-19(28-22-26-18-6-5-11-23-20(18)31-22)27-21(25-16)24-15-7-9-17(30)10-8-15/h5-6,11-12,14-15,17,30H,4,7-10,13H2,1-3H3,(H2,24,25,26,27,28). The first-order valence-electron chi connectivity index (χ1n) is 11.1. The maximum Gasteiger partial charge on any atom is 0.225 e. The van der Waals surface area contributed by atoms with Gasteiger partial charge in [0.25, 0.3) is 0 Å². The van der Waals surface area contributed by atoms with Crippen LogP contribution in [0.15, 0.2) is 24.4 Å². The van der Waals surface area contributed by atoms with E-state index in [4.69, 9.17) is 9.97 Å². The van der Waals surface area contributed by atoms with E-state index in [1.807, 2.05) is 18.2 Å². The van der Waals surface area contributed by atoms with E-state index in [1.54, 1.807) is 6.20 Å². The van der Waals surface area contributed by atoms with Gasteiger partial charge in [-0.25, -0.2) is 15.0 Å². The third-order valence-corrected chi connectivity index (χ3v) is 6.61. The number of thiazole rings is 1. The Balaban J connectivity index is 1.58. The lowest BCUT2D eigenvalue weighted by atomic mass is 9.93. The van der Waals surface area contributed by atoms with Crippen LogP contribution in [-0.2, 0) is 6.54 Å². The number of hydrogen-bond acceptors (Lipinski definition) is 9. The third kappa shape index (κ3) is 5.66. The maximum atomic E-state index is 9.80. The van der Waals surface area contributed by atoms with E-state index in [0.29, 0.717) is 12.0 Å². The van der Waals surface area contributed by atoms with Crippen molar-refractivity contribution in [2.75, 3.05) is 17.2 Å². The number of rotatable bonds is 8. The summed E-state index contributed by atoms with van der Waals surface area (Å²) in [5, 5.41) is 17.4. The monoisotopic (exact) mass is 441 g/mol. The summed E-state index contributed by atoms with van der Waals surface area (Å²) in [6, 6.07) is 6.57. The molecule has 0 amide bonds. The number of aliphatic hydroxyl groups excluding tert-OH is 1. The molecule has 3 aromatic rings. The fraction of sp³-hybridized carbons (Fsp3) is 0.545. The minimum atomic E-state index is -0.181. The molecule has 8 nitrogen and oxygen atoms in total. The summed E-state index contributed by atoms with van der Waals surface area (Å²) in [5.41, 5.74) is 1.84. The molecule has 0 saturated heterocycles. The molecule has 0 atom stereocenters. The molecule has 3 heterocycles. The molecule has 0 aliphatic heterocycles. The predicted molar refractivity (Wildman–Crippen MR) is 126 cm³/mol. The van der Waals surface area contributed by atoms with Crippen molar-refractivity contribution >= 4 is 38.6 Å². The summed E-state index contributed by atoms with van der Waals surface area (Å²) in [5.74, 6) is 1.35. The minimum absolute atomic E-state index is 0.181. The first-order valence-corrected chi connectivity index (χ1v) is 11.9. The maximum absolute atomic E-state index is 9.80. The summed E-state index contributed by atoms with van der Waals surface area (Å²) in [6.07, 6.45) is 5.08. The summed E-state index contributed by atoms with van der Waals surface area (Å²) in [7, 11) is 0. The van der Waals surface area contributed by atoms with Crippen LogP contribution in [0.4, 0.5) is 16.9 Å². The van der Waals surface area contributed by atoms with Crippen LogP contribution >= 0.6 is 11.3 Å². The molecule has 0 unspecified atom stereocenters. The molecule has 0 aromatic carbocycles. The zero-order chi connectivity index (χ0) is 21.8. The second-order valence-electron chi connectivity index (χ2n) is 8.35. The van der Waals surface area contributed by atoms with Crippen molar-refractivity contribution in [3.05, 3.63) is 30.1 Å². The molecule has 0 spiro atoms. The predicted octanol–water partition coefficient (Wildman–Crippen LogP) is 4.17. The molecule has 9 heteroatoms. The number of nitrogens with one attached hydrogen (secondary N) is 2. The van der Waals surface area contributed by atoms with E-state index in [-0.39, 0.29) is 12.1 Å². The Morgan fingerprint density at radius 1 is 1.19 bits per heavy atom. The van der Waals surface area contributed by atoms with E-state index in [1.165, 1.54) is 11.3 Å². The second-order valence-corrected chi connectivity index (χ2v) is 9.32. The Labute approximate surface area is 187 Å². The van der Waals surface area contributed by atoms with Gasteiger partial charge in [0.05, 0.1) is 11.8 Å². The largest absolute Gasteiger partial charge is 0.393 e. The van der Waals surface area contributed by atoms with Gasteiger partial charge in [-0.05, 0) is 58.2 Å². The number of nitrogens with zero attached hydrogens (tertiary/aromatic N) is 5. The number of aromatic nitrogens is 4. The first kappa shape index (κ1) is 21.9. The third-order valence-electron chi connectivity index (χ3n) is 5.71. The molecule has 31 heavy (non-hydrogen) atoms. The quantitative estimate of drug-likeness (QED) is 0.479. The van der Waals surface area contributed by atoms with Gasteiger partial charge in [0.2, 0.25) is 5.95 Å². The number of hydrogen-bond donors (Lipinski definition) is 3. The zero-order valence-corrected chi connectivity index (χ0v) is 19.2. The fourth-order valence-corrected chi connectivity index (χ4v) is 4.72. The smallest absolute Gasteiger partial charge is 0.225 e. The lowest BCUT2D eigenvalue weighted by Gasteiger charge is -2.27. The lowest BCUT2D eigenvalue weighted by Crippen LogP contribution is -2.31. The Bertz CT molecular complexity index is 967. The lowest BCUT2D eigenvalue weighted by molar-refractivity contribution is 0.126. The highest BCUT2D eigenvalue weighted by Crippen LogP contribution is 2.27. The topological polar surface area (TPSA) is 99.1 Å². The van der Waals surface area contributed by atoms with E-state index in [0.717, 1.165) is 65.8 Å².